The Morgan fingerprint density at radius 1 is 1.22 bits per heavy atom. The molecule has 7 heteroatoms. The Labute approximate surface area is 135 Å². The molecule has 23 heavy (non-hydrogen) atoms. The normalized spacial score (nSPS) is 39.3. The first kappa shape index (κ1) is 15.1. The molecule has 2 bridgehead atoms. The van der Waals surface area contributed by atoms with E-state index in [2.05, 4.69) is 5.32 Å². The van der Waals surface area contributed by atoms with E-state index in [-0.39, 0.29) is 60.8 Å². The number of likely N-dealkylation sites (tertiary alicyclic amines) is 1. The molecule has 7 nitrogen and oxygen atoms in total. The summed E-state index contributed by atoms with van der Waals surface area (Å²) < 4.78 is 5.71. The van der Waals surface area contributed by atoms with Gasteiger partial charge in [-0.1, -0.05) is 0 Å². The summed E-state index contributed by atoms with van der Waals surface area (Å²) in [5.41, 5.74) is 0. The third-order valence-corrected chi connectivity index (χ3v) is 5.65. The third kappa shape index (κ3) is 2.37. The van der Waals surface area contributed by atoms with Gasteiger partial charge in [-0.25, -0.2) is 0 Å². The van der Waals surface area contributed by atoms with E-state index in [0.717, 1.165) is 19.4 Å². The molecule has 0 aliphatic carbocycles. The first-order chi connectivity index (χ1) is 11.1. The minimum atomic E-state index is -0.296. The Balaban J connectivity index is 1.37. The summed E-state index contributed by atoms with van der Waals surface area (Å²) in [5.74, 6) is -0.830. The maximum atomic E-state index is 12.5. The van der Waals surface area contributed by atoms with Gasteiger partial charge in [0.15, 0.2) is 0 Å². The number of hydrogen-bond acceptors (Lipinski definition) is 5. The van der Waals surface area contributed by atoms with Crippen molar-refractivity contribution in [1.82, 2.24) is 15.1 Å². The average molecular weight is 321 g/mol. The van der Waals surface area contributed by atoms with Crippen molar-refractivity contribution < 1.29 is 19.1 Å². The van der Waals surface area contributed by atoms with E-state index in [4.69, 9.17) is 4.74 Å². The highest BCUT2D eigenvalue weighted by Gasteiger charge is 2.62. The molecule has 4 saturated heterocycles. The van der Waals surface area contributed by atoms with Crippen molar-refractivity contribution in [3.05, 3.63) is 0 Å². The van der Waals surface area contributed by atoms with Crippen LogP contribution in [0.15, 0.2) is 0 Å². The lowest BCUT2D eigenvalue weighted by Crippen LogP contribution is -2.51. The first-order valence-electron chi connectivity index (χ1n) is 8.58. The van der Waals surface area contributed by atoms with Crippen LogP contribution in [0.5, 0.6) is 0 Å². The molecule has 5 atom stereocenters. The third-order valence-electron chi connectivity index (χ3n) is 5.65. The van der Waals surface area contributed by atoms with Gasteiger partial charge in [-0.15, -0.1) is 0 Å². The second-order valence-electron chi connectivity index (χ2n) is 7.11. The van der Waals surface area contributed by atoms with Gasteiger partial charge in [0.2, 0.25) is 17.7 Å². The Kier molecular flexibility index (Phi) is 3.65. The number of carbonyl (C=O) groups excluding carboxylic acids is 3. The van der Waals surface area contributed by atoms with E-state index in [0.29, 0.717) is 13.1 Å². The van der Waals surface area contributed by atoms with E-state index >= 15 is 0 Å². The lowest BCUT2D eigenvalue weighted by atomic mass is 9.81. The van der Waals surface area contributed by atoms with E-state index in [9.17, 15) is 14.4 Å². The number of amides is 3. The number of nitrogens with one attached hydrogen (secondary N) is 1. The van der Waals surface area contributed by atoms with Crippen molar-refractivity contribution in [3.8, 4) is 0 Å². The largest absolute Gasteiger partial charge is 0.373 e. The van der Waals surface area contributed by atoms with Crippen molar-refractivity contribution in [3.63, 3.8) is 0 Å². The standard InChI is InChI=1S/C16H23N3O4/c1-9-8-18(7-5-17-9)12(20)4-6-19-15(21)13-10-2-3-11(23-10)14(13)16(19)22/h9-11,13-14,17H,2-8H2,1H3. The highest BCUT2D eigenvalue weighted by molar-refractivity contribution is 6.06. The number of rotatable bonds is 3. The summed E-state index contributed by atoms with van der Waals surface area (Å²) in [4.78, 5) is 40.5. The zero-order valence-corrected chi connectivity index (χ0v) is 13.4. The minimum Gasteiger partial charge on any atom is -0.373 e. The molecule has 3 amide bonds. The van der Waals surface area contributed by atoms with Crippen LogP contribution >= 0.6 is 0 Å². The maximum Gasteiger partial charge on any atom is 0.235 e. The van der Waals surface area contributed by atoms with E-state index < -0.39 is 0 Å². The molecule has 4 fully saturated rings. The van der Waals surface area contributed by atoms with Crippen LogP contribution in [0.25, 0.3) is 0 Å². The summed E-state index contributed by atoms with van der Waals surface area (Å²) in [7, 11) is 0. The molecule has 4 aliphatic rings. The number of nitrogens with zero attached hydrogens (tertiary/aromatic N) is 2. The van der Waals surface area contributed by atoms with Crippen LogP contribution in [0.1, 0.15) is 26.2 Å². The zero-order chi connectivity index (χ0) is 16.1. The van der Waals surface area contributed by atoms with E-state index in [1.165, 1.54) is 4.90 Å². The van der Waals surface area contributed by atoms with Crippen molar-refractivity contribution in [1.29, 1.82) is 0 Å². The van der Waals surface area contributed by atoms with Gasteiger partial charge in [0, 0.05) is 38.6 Å². The molecular weight excluding hydrogens is 298 g/mol. The molecule has 0 aromatic rings. The van der Waals surface area contributed by atoms with Gasteiger partial charge in [-0.2, -0.15) is 0 Å². The number of ether oxygens (including phenoxy) is 1. The van der Waals surface area contributed by atoms with Crippen LogP contribution in [0.4, 0.5) is 0 Å². The van der Waals surface area contributed by atoms with Gasteiger partial charge in [0.25, 0.3) is 0 Å². The molecule has 0 aromatic heterocycles. The van der Waals surface area contributed by atoms with Gasteiger partial charge in [0.05, 0.1) is 24.0 Å². The molecule has 0 saturated carbocycles. The number of carbonyl (C=O) groups is 3. The van der Waals surface area contributed by atoms with Gasteiger partial charge < -0.3 is 15.0 Å². The second-order valence-corrected chi connectivity index (χ2v) is 7.11. The Morgan fingerprint density at radius 2 is 1.87 bits per heavy atom. The number of hydrogen-bond donors (Lipinski definition) is 1. The summed E-state index contributed by atoms with van der Waals surface area (Å²) in [6.45, 7) is 4.42. The predicted molar refractivity (Wildman–Crippen MR) is 80.3 cm³/mol. The quantitative estimate of drug-likeness (QED) is 0.700. The molecule has 4 rings (SSSR count). The highest BCUT2D eigenvalue weighted by atomic mass is 16.5. The van der Waals surface area contributed by atoms with E-state index in [1.54, 1.807) is 0 Å². The second kappa shape index (κ2) is 5.56. The molecular formula is C16H23N3O4. The zero-order valence-electron chi connectivity index (χ0n) is 13.4. The maximum absolute atomic E-state index is 12.5. The van der Waals surface area contributed by atoms with E-state index in [1.807, 2.05) is 11.8 Å². The van der Waals surface area contributed by atoms with Crippen LogP contribution in [-0.2, 0) is 19.1 Å². The lowest BCUT2D eigenvalue weighted by molar-refractivity contribution is -0.143. The van der Waals surface area contributed by atoms with Crippen molar-refractivity contribution >= 4 is 17.7 Å². The monoisotopic (exact) mass is 321 g/mol. The molecule has 5 unspecified atom stereocenters. The topological polar surface area (TPSA) is 79.0 Å². The van der Waals surface area contributed by atoms with Crippen LogP contribution in [-0.4, -0.2) is 72.0 Å². The average Bonchev–Trinajstić information content (AvgIpc) is 3.20. The number of piperazine rings is 1. The SMILES string of the molecule is CC1CN(C(=O)CCN2C(=O)C3C4CCC(O4)C3C2=O)CCN1. The molecule has 4 aliphatic heterocycles. The number of fused-ring (bicyclic) bond motifs is 5. The molecule has 126 valence electrons. The molecule has 0 aromatic carbocycles. The fourth-order valence-electron chi connectivity index (χ4n) is 4.52. The Hall–Kier alpha value is -1.47. The smallest absolute Gasteiger partial charge is 0.235 e. The van der Waals surface area contributed by atoms with Crippen molar-refractivity contribution in [2.45, 2.75) is 44.4 Å². The summed E-state index contributed by atoms with van der Waals surface area (Å²) in [6.07, 6.45) is 1.79. The Bertz CT molecular complexity index is 523. The lowest BCUT2D eigenvalue weighted by Gasteiger charge is -2.32. The van der Waals surface area contributed by atoms with Crippen LogP contribution in [0.2, 0.25) is 0 Å². The van der Waals surface area contributed by atoms with Gasteiger partial charge >= 0.3 is 0 Å². The molecule has 0 spiro atoms. The summed E-state index contributed by atoms with van der Waals surface area (Å²) in [6, 6.07) is 0.287. The van der Waals surface area contributed by atoms with Crippen LogP contribution in [0, 0.1) is 11.8 Å². The molecule has 4 heterocycles. The summed E-state index contributed by atoms with van der Waals surface area (Å²) >= 11 is 0. The minimum absolute atomic E-state index is 0.0234. The molecule has 0 radical (unpaired) electrons. The fourth-order valence-corrected chi connectivity index (χ4v) is 4.52. The predicted octanol–water partition coefficient (Wildman–Crippen LogP) is -0.641. The van der Waals surface area contributed by atoms with Gasteiger partial charge in [-0.3, -0.25) is 19.3 Å². The van der Waals surface area contributed by atoms with Crippen molar-refractivity contribution in [2.24, 2.45) is 11.8 Å². The number of imide groups is 1. The van der Waals surface area contributed by atoms with Crippen LogP contribution in [0.3, 0.4) is 0 Å². The summed E-state index contributed by atoms with van der Waals surface area (Å²) in [5, 5.41) is 3.30. The highest BCUT2D eigenvalue weighted by Crippen LogP contribution is 2.48. The van der Waals surface area contributed by atoms with Gasteiger partial charge in [0.1, 0.15) is 0 Å². The van der Waals surface area contributed by atoms with Gasteiger partial charge in [-0.05, 0) is 19.8 Å². The first-order valence-corrected chi connectivity index (χ1v) is 8.58. The Morgan fingerprint density at radius 3 is 2.48 bits per heavy atom. The van der Waals surface area contributed by atoms with Crippen molar-refractivity contribution in [2.75, 3.05) is 26.2 Å². The van der Waals surface area contributed by atoms with Crippen LogP contribution < -0.4 is 5.32 Å². The fraction of sp³-hybridized carbons (Fsp3) is 0.812. The molecule has 1 N–H and O–H groups in total.